The number of hydrogen-bond donors (Lipinski definition) is 3. The molecule has 116 valence electrons. The van der Waals surface area contributed by atoms with Crippen LogP contribution < -0.4 is 10.6 Å². The Kier molecular flexibility index (Phi) is 8.98. The summed E-state index contributed by atoms with van der Waals surface area (Å²) >= 11 is 1.68. The zero-order valence-corrected chi connectivity index (χ0v) is 12.8. The van der Waals surface area contributed by atoms with E-state index in [2.05, 4.69) is 15.4 Å². The summed E-state index contributed by atoms with van der Waals surface area (Å²) in [6, 6.07) is -0.603. The summed E-state index contributed by atoms with van der Waals surface area (Å²) in [4.78, 5) is 33.0. The van der Waals surface area contributed by atoms with Gasteiger partial charge in [0, 0.05) is 11.3 Å². The first-order valence-electron chi connectivity index (χ1n) is 6.31. The number of carboxylic acids is 1. The lowest BCUT2D eigenvalue weighted by Gasteiger charge is -2.29. The molecule has 0 aromatic carbocycles. The lowest BCUT2D eigenvalue weighted by Crippen LogP contribution is -2.46. The van der Waals surface area contributed by atoms with Gasteiger partial charge in [-0.25, -0.2) is 9.59 Å². The number of ether oxygens (including phenoxy) is 1. The summed E-state index contributed by atoms with van der Waals surface area (Å²) in [6.07, 6.45) is 3.79. The number of amides is 3. The fraction of sp³-hybridized carbons (Fsp3) is 0.750. The first-order chi connectivity index (χ1) is 9.39. The molecule has 0 aliphatic carbocycles. The topological polar surface area (TPSA) is 105 Å². The molecule has 7 nitrogen and oxygen atoms in total. The summed E-state index contributed by atoms with van der Waals surface area (Å²) in [5, 5.41) is 13.1. The average Bonchev–Trinajstić information content (AvgIpc) is 2.40. The van der Waals surface area contributed by atoms with Gasteiger partial charge in [0.2, 0.25) is 0 Å². The minimum absolute atomic E-state index is 0.0415. The van der Waals surface area contributed by atoms with E-state index in [1.165, 1.54) is 0 Å². The molecule has 20 heavy (non-hydrogen) atoms. The minimum Gasteiger partial charge on any atom is -0.480 e. The lowest BCUT2D eigenvalue weighted by molar-refractivity contribution is -0.143. The van der Waals surface area contributed by atoms with Gasteiger partial charge in [0.05, 0.1) is 0 Å². The Labute approximate surface area is 122 Å². The molecular formula is C12H22N2O5S. The molecule has 0 aliphatic heterocycles. The van der Waals surface area contributed by atoms with Crippen LogP contribution in [0.1, 0.15) is 26.7 Å². The van der Waals surface area contributed by atoms with E-state index in [1.807, 2.05) is 20.1 Å². The third-order valence-electron chi connectivity index (χ3n) is 3.00. The van der Waals surface area contributed by atoms with E-state index in [0.717, 1.165) is 12.8 Å². The van der Waals surface area contributed by atoms with E-state index in [-0.39, 0.29) is 4.75 Å². The van der Waals surface area contributed by atoms with Gasteiger partial charge in [-0.15, -0.1) is 0 Å². The van der Waals surface area contributed by atoms with Crippen molar-refractivity contribution < 1.29 is 24.2 Å². The fourth-order valence-electron chi connectivity index (χ4n) is 1.54. The molecule has 0 aromatic heterocycles. The zero-order valence-electron chi connectivity index (χ0n) is 12.0. The number of carbonyl (C=O) groups is 3. The first-order valence-corrected chi connectivity index (χ1v) is 7.54. The predicted molar refractivity (Wildman–Crippen MR) is 76.8 cm³/mol. The standard InChI is InChI=1S/C12H22N2O5S/c1-4-12(5-2,20-3)8-13-11(18)14-9(15)6-19-7-10(16)17/h4-8H2,1-3H3,(H,16,17)(H2,13,14,15,18). The van der Waals surface area contributed by atoms with Gasteiger partial charge in [0.25, 0.3) is 5.91 Å². The van der Waals surface area contributed by atoms with Gasteiger partial charge in [-0.1, -0.05) is 13.8 Å². The smallest absolute Gasteiger partial charge is 0.329 e. The minimum atomic E-state index is -1.17. The second kappa shape index (κ2) is 9.60. The van der Waals surface area contributed by atoms with Gasteiger partial charge in [-0.05, 0) is 19.1 Å². The molecule has 0 saturated heterocycles. The number of carbonyl (C=O) groups excluding carboxylic acids is 2. The number of imide groups is 1. The van der Waals surface area contributed by atoms with Crippen LogP contribution in [0.25, 0.3) is 0 Å². The maximum atomic E-state index is 11.5. The number of carboxylic acid groups (broad SMARTS) is 1. The molecular weight excluding hydrogens is 284 g/mol. The molecule has 0 radical (unpaired) electrons. The van der Waals surface area contributed by atoms with E-state index in [1.54, 1.807) is 11.8 Å². The van der Waals surface area contributed by atoms with Crippen LogP contribution in [0.5, 0.6) is 0 Å². The van der Waals surface area contributed by atoms with Crippen molar-refractivity contribution in [3.05, 3.63) is 0 Å². The van der Waals surface area contributed by atoms with E-state index >= 15 is 0 Å². The van der Waals surface area contributed by atoms with Gasteiger partial charge < -0.3 is 15.2 Å². The van der Waals surface area contributed by atoms with Crippen molar-refractivity contribution in [2.24, 2.45) is 0 Å². The number of nitrogens with one attached hydrogen (secondary N) is 2. The Morgan fingerprint density at radius 2 is 1.80 bits per heavy atom. The summed E-state index contributed by atoms with van der Waals surface area (Å²) < 4.78 is 4.53. The van der Waals surface area contributed by atoms with Gasteiger partial charge in [-0.2, -0.15) is 11.8 Å². The molecule has 0 aliphatic rings. The highest BCUT2D eigenvalue weighted by Gasteiger charge is 2.25. The summed E-state index contributed by atoms with van der Waals surface area (Å²) in [5.74, 6) is -1.84. The largest absolute Gasteiger partial charge is 0.480 e. The van der Waals surface area contributed by atoms with Gasteiger partial charge in [-0.3, -0.25) is 10.1 Å². The van der Waals surface area contributed by atoms with Crippen molar-refractivity contribution in [1.82, 2.24) is 10.6 Å². The SMILES string of the molecule is CCC(CC)(CNC(=O)NC(=O)COCC(=O)O)SC. The summed E-state index contributed by atoms with van der Waals surface area (Å²) in [5.41, 5.74) is 0. The van der Waals surface area contributed by atoms with Crippen LogP contribution in [-0.2, 0) is 14.3 Å². The van der Waals surface area contributed by atoms with Crippen LogP contribution >= 0.6 is 11.8 Å². The number of aliphatic carboxylic acids is 1. The van der Waals surface area contributed by atoms with Crippen molar-refractivity contribution in [2.45, 2.75) is 31.4 Å². The molecule has 0 fully saturated rings. The Morgan fingerprint density at radius 3 is 2.25 bits per heavy atom. The fourth-order valence-corrected chi connectivity index (χ4v) is 2.33. The second-order valence-corrected chi connectivity index (χ2v) is 5.49. The Balaban J connectivity index is 4.04. The third kappa shape index (κ3) is 7.34. The maximum Gasteiger partial charge on any atom is 0.329 e. The van der Waals surface area contributed by atoms with Gasteiger partial charge >= 0.3 is 12.0 Å². The molecule has 0 spiro atoms. The van der Waals surface area contributed by atoms with Crippen molar-refractivity contribution in [2.75, 3.05) is 26.0 Å². The Bertz CT molecular complexity index is 336. The molecule has 0 bridgehead atoms. The summed E-state index contributed by atoms with van der Waals surface area (Å²) in [6.45, 7) is 3.51. The highest BCUT2D eigenvalue weighted by atomic mass is 32.2. The van der Waals surface area contributed by atoms with Crippen LogP contribution in [0.2, 0.25) is 0 Å². The van der Waals surface area contributed by atoms with Crippen LogP contribution in [0.4, 0.5) is 4.79 Å². The van der Waals surface area contributed by atoms with E-state index < -0.39 is 31.1 Å². The average molecular weight is 306 g/mol. The molecule has 0 heterocycles. The van der Waals surface area contributed by atoms with E-state index in [0.29, 0.717) is 6.54 Å². The van der Waals surface area contributed by atoms with Crippen LogP contribution in [-0.4, -0.2) is 53.8 Å². The van der Waals surface area contributed by atoms with Crippen LogP contribution in [0.15, 0.2) is 0 Å². The van der Waals surface area contributed by atoms with Crippen LogP contribution in [0.3, 0.4) is 0 Å². The normalized spacial score (nSPS) is 10.9. The highest BCUT2D eigenvalue weighted by Crippen LogP contribution is 2.29. The predicted octanol–water partition coefficient (Wildman–Crippen LogP) is 0.835. The molecule has 0 aromatic rings. The molecule has 0 atom stereocenters. The van der Waals surface area contributed by atoms with Gasteiger partial charge in [0.1, 0.15) is 13.2 Å². The van der Waals surface area contributed by atoms with Gasteiger partial charge in [0.15, 0.2) is 0 Å². The molecule has 0 unspecified atom stereocenters. The quantitative estimate of drug-likeness (QED) is 0.583. The van der Waals surface area contributed by atoms with Crippen molar-refractivity contribution >= 4 is 29.7 Å². The lowest BCUT2D eigenvalue weighted by atomic mass is 10.0. The summed E-state index contributed by atoms with van der Waals surface area (Å²) in [7, 11) is 0. The van der Waals surface area contributed by atoms with Crippen molar-refractivity contribution in [3.8, 4) is 0 Å². The number of hydrogen-bond acceptors (Lipinski definition) is 5. The highest BCUT2D eigenvalue weighted by molar-refractivity contribution is 8.00. The van der Waals surface area contributed by atoms with Crippen molar-refractivity contribution in [3.63, 3.8) is 0 Å². The monoisotopic (exact) mass is 306 g/mol. The maximum absolute atomic E-state index is 11.5. The van der Waals surface area contributed by atoms with E-state index in [4.69, 9.17) is 5.11 Å². The third-order valence-corrected chi connectivity index (χ3v) is 4.59. The number of rotatable bonds is 9. The van der Waals surface area contributed by atoms with Crippen LogP contribution in [0, 0.1) is 0 Å². The molecule has 0 rings (SSSR count). The number of urea groups is 1. The Morgan fingerprint density at radius 1 is 1.20 bits per heavy atom. The van der Waals surface area contributed by atoms with E-state index in [9.17, 15) is 14.4 Å². The molecule has 3 N–H and O–H groups in total. The Hall–Kier alpha value is -1.28. The first kappa shape index (κ1) is 18.7. The number of thioether (sulfide) groups is 1. The molecule has 0 saturated carbocycles. The molecule has 8 heteroatoms. The second-order valence-electron chi connectivity index (χ2n) is 4.21. The van der Waals surface area contributed by atoms with Crippen molar-refractivity contribution in [1.29, 1.82) is 0 Å². The molecule has 3 amide bonds. The zero-order chi connectivity index (χ0) is 15.6.